The summed E-state index contributed by atoms with van der Waals surface area (Å²) in [5, 5.41) is 2.99. The van der Waals surface area contributed by atoms with Crippen molar-refractivity contribution in [3.05, 3.63) is 17.8 Å². The monoisotopic (exact) mass is 140 g/mol. The summed E-state index contributed by atoms with van der Waals surface area (Å²) < 4.78 is 0. The summed E-state index contributed by atoms with van der Waals surface area (Å²) in [5.41, 5.74) is 1.19. The molecule has 0 saturated carbocycles. The second kappa shape index (κ2) is 4.91. The molecule has 1 aromatic rings. The first-order chi connectivity index (χ1) is 4.83. The number of aromatic amines is 1. The minimum atomic E-state index is 1.07. The molecule has 0 unspecified atom stereocenters. The first kappa shape index (κ1) is 9.08. The average Bonchev–Trinajstić information content (AvgIpc) is 2.40. The number of hydrogen-bond donors (Lipinski definition) is 2. The molecular weight excluding hydrogens is 124 g/mol. The van der Waals surface area contributed by atoms with Crippen molar-refractivity contribution in [3.63, 3.8) is 0 Å². The molecule has 0 amide bonds. The highest BCUT2D eigenvalue weighted by atomic mass is 15.0. The summed E-state index contributed by atoms with van der Waals surface area (Å²) >= 11 is 0. The largest absolute Gasteiger partial charge is 0.375 e. The predicted octanol–water partition coefficient (Wildman–Crippen LogP) is 2.39. The van der Waals surface area contributed by atoms with Crippen LogP contribution in [0.4, 0.5) is 5.82 Å². The van der Waals surface area contributed by atoms with Gasteiger partial charge in [0.15, 0.2) is 0 Å². The third kappa shape index (κ3) is 2.58. The van der Waals surface area contributed by atoms with Crippen LogP contribution >= 0.6 is 0 Å². The molecule has 0 fully saturated rings. The molecule has 58 valence electrons. The summed E-state index contributed by atoms with van der Waals surface area (Å²) in [6.45, 7) is 6.03. The van der Waals surface area contributed by atoms with E-state index in [1.54, 1.807) is 0 Å². The van der Waals surface area contributed by atoms with Crippen molar-refractivity contribution in [2.24, 2.45) is 0 Å². The molecule has 1 rings (SSSR count). The van der Waals surface area contributed by atoms with E-state index in [2.05, 4.69) is 10.3 Å². The Morgan fingerprint density at radius 1 is 1.30 bits per heavy atom. The topological polar surface area (TPSA) is 27.8 Å². The number of nitrogens with one attached hydrogen (secondary N) is 2. The van der Waals surface area contributed by atoms with Crippen molar-refractivity contribution in [3.8, 4) is 0 Å². The van der Waals surface area contributed by atoms with Crippen molar-refractivity contribution in [1.82, 2.24) is 4.98 Å². The lowest BCUT2D eigenvalue weighted by Crippen LogP contribution is -1.85. The zero-order valence-corrected chi connectivity index (χ0v) is 7.15. The van der Waals surface area contributed by atoms with Crippen molar-refractivity contribution in [2.75, 3.05) is 12.4 Å². The number of hydrogen-bond acceptors (Lipinski definition) is 1. The molecule has 0 atom stereocenters. The summed E-state index contributed by atoms with van der Waals surface area (Å²) in [6, 6.07) is 4.04. The second-order valence-electron chi connectivity index (χ2n) is 1.81. The number of aromatic nitrogens is 1. The van der Waals surface area contributed by atoms with Gasteiger partial charge in [-0.25, -0.2) is 0 Å². The van der Waals surface area contributed by atoms with E-state index >= 15 is 0 Å². The van der Waals surface area contributed by atoms with Crippen LogP contribution in [-0.2, 0) is 0 Å². The number of anilines is 1. The highest BCUT2D eigenvalue weighted by molar-refractivity contribution is 5.35. The number of H-pyrrole nitrogens is 1. The maximum absolute atomic E-state index is 3.11. The van der Waals surface area contributed by atoms with Crippen LogP contribution < -0.4 is 5.32 Å². The quantitative estimate of drug-likeness (QED) is 0.616. The van der Waals surface area contributed by atoms with Gasteiger partial charge in [0.2, 0.25) is 0 Å². The van der Waals surface area contributed by atoms with Gasteiger partial charge >= 0.3 is 0 Å². The smallest absolute Gasteiger partial charge is 0.103 e. The van der Waals surface area contributed by atoms with Gasteiger partial charge in [-0.2, -0.15) is 0 Å². The Balaban J connectivity index is 0.000000371. The maximum Gasteiger partial charge on any atom is 0.103 e. The summed E-state index contributed by atoms with van der Waals surface area (Å²) in [6.07, 6.45) is 0. The maximum atomic E-state index is 3.11. The van der Waals surface area contributed by atoms with Crippen LogP contribution in [0.2, 0.25) is 0 Å². The van der Waals surface area contributed by atoms with Gasteiger partial charge in [-0.1, -0.05) is 13.8 Å². The van der Waals surface area contributed by atoms with Crippen LogP contribution in [0.1, 0.15) is 19.5 Å². The van der Waals surface area contributed by atoms with Crippen molar-refractivity contribution >= 4 is 5.82 Å². The van der Waals surface area contributed by atoms with Gasteiger partial charge in [0.05, 0.1) is 0 Å². The molecule has 0 spiro atoms. The lowest BCUT2D eigenvalue weighted by molar-refractivity contribution is 1.25. The Kier molecular flexibility index (Phi) is 4.46. The standard InChI is InChI=1S/C6H10N2.C2H6/c1-5-3-4-6(7-2)8-5;1-2/h3-4,7-8H,1-2H3;1-2H3. The lowest BCUT2D eigenvalue weighted by atomic mass is 10.5. The molecule has 10 heavy (non-hydrogen) atoms. The van der Waals surface area contributed by atoms with Gasteiger partial charge < -0.3 is 10.3 Å². The van der Waals surface area contributed by atoms with Crippen LogP contribution in [0.5, 0.6) is 0 Å². The number of rotatable bonds is 1. The Bertz CT molecular complexity index is 168. The van der Waals surface area contributed by atoms with E-state index in [-0.39, 0.29) is 0 Å². The minimum Gasteiger partial charge on any atom is -0.375 e. The molecule has 2 heteroatoms. The van der Waals surface area contributed by atoms with E-state index < -0.39 is 0 Å². The first-order valence-corrected chi connectivity index (χ1v) is 3.66. The van der Waals surface area contributed by atoms with E-state index in [0.29, 0.717) is 0 Å². The molecule has 0 radical (unpaired) electrons. The van der Waals surface area contributed by atoms with Crippen LogP contribution in [-0.4, -0.2) is 12.0 Å². The minimum absolute atomic E-state index is 1.07. The SMILES string of the molecule is CC.CNc1ccc(C)[nH]1. The van der Waals surface area contributed by atoms with Crippen molar-refractivity contribution in [1.29, 1.82) is 0 Å². The molecule has 0 saturated heterocycles. The van der Waals surface area contributed by atoms with Crippen molar-refractivity contribution < 1.29 is 0 Å². The van der Waals surface area contributed by atoms with Crippen molar-refractivity contribution in [2.45, 2.75) is 20.8 Å². The molecule has 0 aliphatic rings. The third-order valence-corrected chi connectivity index (χ3v) is 1.10. The molecule has 1 heterocycles. The molecular formula is C8H16N2. The van der Waals surface area contributed by atoms with E-state index in [9.17, 15) is 0 Å². The lowest BCUT2D eigenvalue weighted by Gasteiger charge is -1.89. The Morgan fingerprint density at radius 3 is 2.10 bits per heavy atom. The third-order valence-electron chi connectivity index (χ3n) is 1.10. The number of aryl methyl sites for hydroxylation is 1. The second-order valence-corrected chi connectivity index (χ2v) is 1.81. The van der Waals surface area contributed by atoms with Gasteiger partial charge in [0, 0.05) is 12.7 Å². The Labute approximate surface area is 62.7 Å². The molecule has 0 aromatic carbocycles. The van der Waals surface area contributed by atoms with E-state index in [4.69, 9.17) is 0 Å². The van der Waals surface area contributed by atoms with E-state index in [1.807, 2.05) is 40.0 Å². The van der Waals surface area contributed by atoms with Crippen LogP contribution in [0.15, 0.2) is 12.1 Å². The molecule has 2 N–H and O–H groups in total. The highest BCUT2D eigenvalue weighted by Gasteiger charge is 1.86. The van der Waals surface area contributed by atoms with Crippen LogP contribution in [0.3, 0.4) is 0 Å². The predicted molar refractivity (Wildman–Crippen MR) is 46.4 cm³/mol. The summed E-state index contributed by atoms with van der Waals surface area (Å²) in [7, 11) is 1.89. The zero-order valence-electron chi connectivity index (χ0n) is 7.15. The summed E-state index contributed by atoms with van der Waals surface area (Å²) in [4.78, 5) is 3.11. The summed E-state index contributed by atoms with van der Waals surface area (Å²) in [5.74, 6) is 1.07. The fraction of sp³-hybridized carbons (Fsp3) is 0.500. The molecule has 0 aliphatic heterocycles. The average molecular weight is 140 g/mol. The van der Waals surface area contributed by atoms with Gasteiger partial charge in [-0.05, 0) is 19.1 Å². The first-order valence-electron chi connectivity index (χ1n) is 3.66. The Morgan fingerprint density at radius 2 is 1.90 bits per heavy atom. The van der Waals surface area contributed by atoms with E-state index in [0.717, 1.165) is 5.82 Å². The van der Waals surface area contributed by atoms with Gasteiger partial charge in [-0.15, -0.1) is 0 Å². The van der Waals surface area contributed by atoms with Crippen LogP contribution in [0, 0.1) is 6.92 Å². The molecule has 2 nitrogen and oxygen atoms in total. The molecule has 1 aromatic heterocycles. The van der Waals surface area contributed by atoms with E-state index in [1.165, 1.54) is 5.69 Å². The normalized spacial score (nSPS) is 8.00. The fourth-order valence-electron chi connectivity index (χ4n) is 0.650. The highest BCUT2D eigenvalue weighted by Crippen LogP contribution is 2.03. The van der Waals surface area contributed by atoms with Gasteiger partial charge in [0.1, 0.15) is 5.82 Å². The Hall–Kier alpha value is -0.920. The van der Waals surface area contributed by atoms with Crippen LogP contribution in [0.25, 0.3) is 0 Å². The molecule has 0 aliphatic carbocycles. The van der Waals surface area contributed by atoms with Gasteiger partial charge in [0.25, 0.3) is 0 Å². The molecule has 0 bridgehead atoms. The van der Waals surface area contributed by atoms with Gasteiger partial charge in [-0.3, -0.25) is 0 Å². The zero-order chi connectivity index (χ0) is 7.98. The fourth-order valence-corrected chi connectivity index (χ4v) is 0.650.